The minimum Gasteiger partial charge on any atom is -0.507 e. The molecule has 2 aliphatic rings. The zero-order valence-corrected chi connectivity index (χ0v) is 32.8. The lowest BCUT2D eigenvalue weighted by Gasteiger charge is -2.15. The summed E-state index contributed by atoms with van der Waals surface area (Å²) in [6.45, 7) is 8.75. The summed E-state index contributed by atoms with van der Waals surface area (Å²) in [5, 5.41) is 28.3. The fraction of sp³-hybridized carbons (Fsp3) is 0.361. The van der Waals surface area contributed by atoms with Gasteiger partial charge >= 0.3 is 27.1 Å². The molecule has 0 saturated carbocycles. The second-order valence-corrected chi connectivity index (χ2v) is 15.1. The second-order valence-electron chi connectivity index (χ2n) is 11.5. The molecular formula is C36H45NO14P2. The number of hydrogen-bond donors (Lipinski definition) is 4. The number of cyclic esters (lactones) is 2. The van der Waals surface area contributed by atoms with Crippen LogP contribution in [0.15, 0.2) is 47.1 Å². The van der Waals surface area contributed by atoms with E-state index in [9.17, 15) is 28.9 Å². The van der Waals surface area contributed by atoms with Crippen LogP contribution in [0.3, 0.4) is 0 Å². The number of benzene rings is 2. The van der Waals surface area contributed by atoms with E-state index >= 15 is 0 Å². The molecule has 0 aromatic heterocycles. The third-order valence-electron chi connectivity index (χ3n) is 8.11. The van der Waals surface area contributed by atoms with Gasteiger partial charge in [0.05, 0.1) is 20.3 Å². The summed E-state index contributed by atoms with van der Waals surface area (Å²) in [7, 11) is -1.86. The maximum Gasteiger partial charge on any atom is 0.353 e. The van der Waals surface area contributed by atoms with Crippen LogP contribution < -0.4 is 9.47 Å². The zero-order valence-electron chi connectivity index (χ0n) is 31.0. The number of carbonyl (C=O) groups excluding carboxylic acids is 2. The number of methoxy groups -OCH3 is 2. The number of esters is 2. The van der Waals surface area contributed by atoms with E-state index in [1.807, 2.05) is 19.9 Å². The van der Waals surface area contributed by atoms with Crippen LogP contribution in [0.4, 0.5) is 0 Å². The van der Waals surface area contributed by atoms with Crippen molar-refractivity contribution in [1.29, 1.82) is 5.26 Å². The summed E-state index contributed by atoms with van der Waals surface area (Å²) in [6.07, 6.45) is 6.96. The molecule has 0 fully saturated rings. The summed E-state index contributed by atoms with van der Waals surface area (Å²) < 4.78 is 53.4. The zero-order chi connectivity index (χ0) is 40.3. The Morgan fingerprint density at radius 3 is 1.45 bits per heavy atom. The maximum atomic E-state index is 12.0. The average molecular weight is 778 g/mol. The number of fused-ring (bicyclic) bond motifs is 2. The van der Waals surface area contributed by atoms with E-state index < -0.39 is 27.1 Å². The van der Waals surface area contributed by atoms with Crippen LogP contribution in [-0.4, -0.2) is 60.4 Å². The molecule has 53 heavy (non-hydrogen) atoms. The van der Waals surface area contributed by atoms with Gasteiger partial charge in [-0.15, -0.1) is 0 Å². The number of phenolic OH excluding ortho intramolecular Hbond substituents is 2. The van der Waals surface area contributed by atoms with Gasteiger partial charge < -0.3 is 48.0 Å². The van der Waals surface area contributed by atoms with E-state index in [4.69, 9.17) is 43.0 Å². The van der Waals surface area contributed by atoms with Crippen molar-refractivity contribution in [2.45, 2.75) is 60.7 Å². The van der Waals surface area contributed by atoms with Crippen LogP contribution in [0.2, 0.25) is 0 Å². The molecule has 0 bridgehead atoms. The number of aromatic hydroxyl groups is 2. The highest BCUT2D eigenvalue weighted by Crippen LogP contribution is 2.48. The number of nitrogens with zero attached hydrogens (tertiary/aromatic N) is 1. The summed E-state index contributed by atoms with van der Waals surface area (Å²) in [6, 6.07) is 1.75. The normalized spacial score (nSPS) is 14.1. The molecule has 4 N–H and O–H groups in total. The van der Waals surface area contributed by atoms with Crippen molar-refractivity contribution < 1.29 is 66.7 Å². The van der Waals surface area contributed by atoms with Crippen molar-refractivity contribution in [3.05, 3.63) is 91.6 Å². The molecule has 0 aliphatic carbocycles. The lowest BCUT2D eigenvalue weighted by molar-refractivity contribution is 0.0523. The Hall–Kier alpha value is -4.67. The lowest BCUT2D eigenvalue weighted by atomic mass is 9.95. The number of ether oxygens (including phenoxy) is 4. The van der Waals surface area contributed by atoms with E-state index in [0.717, 1.165) is 22.5 Å². The Balaban J connectivity index is 0.000000342. The van der Waals surface area contributed by atoms with E-state index in [1.54, 1.807) is 32.1 Å². The fourth-order valence-electron chi connectivity index (χ4n) is 5.34. The number of rotatable bonds is 12. The van der Waals surface area contributed by atoms with Crippen LogP contribution in [-0.2, 0) is 53.7 Å². The Bertz CT molecular complexity index is 1970. The van der Waals surface area contributed by atoms with Gasteiger partial charge in [-0.2, -0.15) is 5.26 Å². The van der Waals surface area contributed by atoms with Crippen molar-refractivity contribution in [3.63, 3.8) is 0 Å². The van der Waals surface area contributed by atoms with Crippen molar-refractivity contribution in [2.75, 3.05) is 28.4 Å². The monoisotopic (exact) mass is 777 g/mol. The molecule has 2 heterocycles. The molecule has 0 unspecified atom stereocenters. The smallest absolute Gasteiger partial charge is 0.353 e. The quantitative estimate of drug-likeness (QED) is 0.0970. The minimum absolute atomic E-state index is 0.101. The molecule has 288 valence electrons. The molecule has 2 aromatic rings. The fourth-order valence-corrected chi connectivity index (χ4v) is 6.58. The highest BCUT2D eigenvalue weighted by atomic mass is 31.2. The van der Waals surface area contributed by atoms with Gasteiger partial charge in [0.25, 0.3) is 0 Å². The third kappa shape index (κ3) is 11.2. The molecule has 0 amide bonds. The number of allylic oxidation sites excluding steroid dienone is 6. The van der Waals surface area contributed by atoms with Crippen LogP contribution in [0, 0.1) is 25.2 Å². The first-order valence-corrected chi connectivity index (χ1v) is 19.1. The van der Waals surface area contributed by atoms with Gasteiger partial charge in [0, 0.05) is 55.0 Å². The first-order chi connectivity index (χ1) is 24.8. The van der Waals surface area contributed by atoms with E-state index in [0.29, 0.717) is 45.7 Å². The molecule has 2 aliphatic heterocycles. The molecule has 17 heteroatoms. The molecule has 0 spiro atoms. The van der Waals surface area contributed by atoms with Crippen molar-refractivity contribution >= 4 is 27.1 Å². The SMILES string of the molecule is CC#N.COc1c(C)c2c(c(O)c1C/C=C(C)/C=C/P(=O)(O)O)C(=O)OC2.COc1c(C)c2c(c(O)c1C/C=C(C)/C=C/P(=O)(OC)OC)C(=O)OC2. The summed E-state index contributed by atoms with van der Waals surface area (Å²) in [4.78, 5) is 41.4. The lowest BCUT2D eigenvalue weighted by Crippen LogP contribution is -2.03. The largest absolute Gasteiger partial charge is 0.507 e. The Labute approximate surface area is 308 Å². The molecule has 0 saturated heterocycles. The highest BCUT2D eigenvalue weighted by molar-refractivity contribution is 7.57. The minimum atomic E-state index is -4.22. The predicted octanol–water partition coefficient (Wildman–Crippen LogP) is 6.96. The average Bonchev–Trinajstić information content (AvgIpc) is 3.71. The summed E-state index contributed by atoms with van der Waals surface area (Å²) in [5.74, 6) is 1.74. The van der Waals surface area contributed by atoms with E-state index in [2.05, 4.69) is 0 Å². The molecule has 2 aromatic carbocycles. The topological polar surface area (TPSA) is 228 Å². The number of carbonyl (C=O) groups is 2. The summed E-state index contributed by atoms with van der Waals surface area (Å²) >= 11 is 0. The third-order valence-corrected chi connectivity index (χ3v) is 10.2. The predicted molar refractivity (Wildman–Crippen MR) is 195 cm³/mol. The Morgan fingerprint density at radius 1 is 0.774 bits per heavy atom. The van der Waals surface area contributed by atoms with Crippen molar-refractivity contribution in [3.8, 4) is 29.1 Å². The van der Waals surface area contributed by atoms with Gasteiger partial charge in [-0.05, 0) is 51.7 Å². The number of phenols is 2. The number of nitriles is 1. The van der Waals surface area contributed by atoms with Crippen LogP contribution in [0.5, 0.6) is 23.0 Å². The second kappa shape index (κ2) is 19.4. The van der Waals surface area contributed by atoms with Gasteiger partial charge in [-0.3, -0.25) is 9.13 Å². The van der Waals surface area contributed by atoms with Gasteiger partial charge in [0.1, 0.15) is 47.3 Å². The van der Waals surface area contributed by atoms with Gasteiger partial charge in [0.15, 0.2) is 0 Å². The highest BCUT2D eigenvalue weighted by Gasteiger charge is 2.33. The Morgan fingerprint density at radius 2 is 1.13 bits per heavy atom. The van der Waals surface area contributed by atoms with Gasteiger partial charge in [-0.1, -0.05) is 35.5 Å². The summed E-state index contributed by atoms with van der Waals surface area (Å²) in [5.41, 5.74) is 5.41. The van der Waals surface area contributed by atoms with Crippen LogP contribution in [0.1, 0.15) is 74.9 Å². The van der Waals surface area contributed by atoms with Crippen molar-refractivity contribution in [2.24, 2.45) is 0 Å². The Kier molecular flexibility index (Phi) is 16.3. The van der Waals surface area contributed by atoms with Gasteiger partial charge in [-0.25, -0.2) is 9.59 Å². The first kappa shape index (κ1) is 44.5. The molecule has 0 radical (unpaired) electrons. The van der Waals surface area contributed by atoms with Crippen LogP contribution in [0.25, 0.3) is 0 Å². The van der Waals surface area contributed by atoms with E-state index in [1.165, 1.54) is 47.3 Å². The standard InChI is InChI=1S/C18H23O7P.C16H19O7P.C2H3N/c1-11(8-9-26(21,23-4)24-5)6-7-13-16(19)15-14(10-25-18(15)20)12(2)17(13)22-3;1-9(6-7-24(19,20)21)4-5-11-14(17)13-12(8-23-16(13)18)10(2)15(11)22-3;1-2-3/h6,8-9,19H,7,10H2,1-5H3;4,6-7,17H,5,8H2,1-3H3,(H2,19,20,21);1H3/b9-8+,11-6+;7-6+,9-4+;. The number of hydrogen-bond acceptors (Lipinski definition) is 13. The molecule has 4 rings (SSSR count). The van der Waals surface area contributed by atoms with Gasteiger partial charge in [0.2, 0.25) is 0 Å². The van der Waals surface area contributed by atoms with Crippen LogP contribution >= 0.6 is 15.2 Å². The molecule has 0 atom stereocenters. The van der Waals surface area contributed by atoms with Crippen molar-refractivity contribution in [1.82, 2.24) is 0 Å². The molecular weight excluding hydrogens is 732 g/mol. The van der Waals surface area contributed by atoms with E-state index in [-0.39, 0.29) is 42.3 Å². The molecule has 15 nitrogen and oxygen atoms in total. The maximum absolute atomic E-state index is 12.0. The first-order valence-electron chi connectivity index (χ1n) is 15.8.